The van der Waals surface area contributed by atoms with E-state index in [1.165, 1.54) is 6.07 Å². The van der Waals surface area contributed by atoms with Crippen LogP contribution in [0.2, 0.25) is 0 Å². The first-order valence-corrected chi connectivity index (χ1v) is 7.24. The topological polar surface area (TPSA) is 72.6 Å². The summed E-state index contributed by atoms with van der Waals surface area (Å²) in [5.74, 6) is 0.276. The summed E-state index contributed by atoms with van der Waals surface area (Å²) in [5.41, 5.74) is 0. The SMILES string of the molecule is CN(C)CCOc1ccc(Br)cc1S(N)(=O)=O. The van der Waals surface area contributed by atoms with E-state index in [4.69, 9.17) is 9.88 Å². The summed E-state index contributed by atoms with van der Waals surface area (Å²) < 4.78 is 28.8. The minimum atomic E-state index is -3.78. The predicted molar refractivity (Wildman–Crippen MR) is 69.6 cm³/mol. The normalized spacial score (nSPS) is 11.8. The molecule has 0 saturated heterocycles. The van der Waals surface area contributed by atoms with Gasteiger partial charge >= 0.3 is 0 Å². The van der Waals surface area contributed by atoms with Gasteiger partial charge in [0.25, 0.3) is 0 Å². The monoisotopic (exact) mass is 322 g/mol. The average Bonchev–Trinajstić information content (AvgIpc) is 2.18. The molecule has 96 valence electrons. The molecule has 0 aliphatic heterocycles. The van der Waals surface area contributed by atoms with Crippen molar-refractivity contribution >= 4 is 26.0 Å². The zero-order valence-electron chi connectivity index (χ0n) is 9.68. The predicted octanol–water partition coefficient (Wildman–Crippen LogP) is 1.04. The van der Waals surface area contributed by atoms with Crippen LogP contribution in [-0.4, -0.2) is 40.6 Å². The summed E-state index contributed by atoms with van der Waals surface area (Å²) in [6.45, 7) is 1.09. The number of hydrogen-bond acceptors (Lipinski definition) is 4. The highest BCUT2D eigenvalue weighted by Crippen LogP contribution is 2.26. The van der Waals surface area contributed by atoms with Crippen molar-refractivity contribution < 1.29 is 13.2 Å². The van der Waals surface area contributed by atoms with Crippen LogP contribution < -0.4 is 9.88 Å². The Morgan fingerprint density at radius 3 is 2.59 bits per heavy atom. The van der Waals surface area contributed by atoms with Crippen LogP contribution in [0.15, 0.2) is 27.6 Å². The van der Waals surface area contributed by atoms with Crippen molar-refractivity contribution in [2.24, 2.45) is 5.14 Å². The zero-order valence-corrected chi connectivity index (χ0v) is 12.1. The number of sulfonamides is 1. The summed E-state index contributed by atoms with van der Waals surface area (Å²) in [5, 5.41) is 5.12. The molecular formula is C10H15BrN2O3S. The van der Waals surface area contributed by atoms with Crippen LogP contribution >= 0.6 is 15.9 Å². The van der Waals surface area contributed by atoms with Crippen molar-refractivity contribution in [3.63, 3.8) is 0 Å². The second-order valence-corrected chi connectivity index (χ2v) is 6.23. The summed E-state index contributed by atoms with van der Waals surface area (Å²) in [6.07, 6.45) is 0. The van der Waals surface area contributed by atoms with E-state index >= 15 is 0 Å². The molecule has 0 unspecified atom stereocenters. The molecule has 0 radical (unpaired) electrons. The first kappa shape index (κ1) is 14.4. The number of nitrogens with two attached hydrogens (primary N) is 1. The van der Waals surface area contributed by atoms with Crippen LogP contribution in [-0.2, 0) is 10.0 Å². The number of benzene rings is 1. The quantitative estimate of drug-likeness (QED) is 0.879. The fourth-order valence-corrected chi connectivity index (χ4v) is 2.37. The highest BCUT2D eigenvalue weighted by Gasteiger charge is 2.15. The number of ether oxygens (including phenoxy) is 1. The van der Waals surface area contributed by atoms with E-state index in [1.807, 2.05) is 19.0 Å². The molecule has 2 N–H and O–H groups in total. The van der Waals surface area contributed by atoms with Gasteiger partial charge in [-0.1, -0.05) is 15.9 Å². The van der Waals surface area contributed by atoms with Crippen molar-refractivity contribution in [3.8, 4) is 5.75 Å². The summed E-state index contributed by atoms with van der Waals surface area (Å²) in [4.78, 5) is 1.93. The Balaban J connectivity index is 2.92. The fourth-order valence-electron chi connectivity index (χ4n) is 1.16. The van der Waals surface area contributed by atoms with Gasteiger partial charge in [-0.25, -0.2) is 13.6 Å². The van der Waals surface area contributed by atoms with E-state index in [-0.39, 0.29) is 10.6 Å². The van der Waals surface area contributed by atoms with E-state index in [9.17, 15) is 8.42 Å². The maximum absolute atomic E-state index is 11.4. The molecule has 7 heteroatoms. The average molecular weight is 323 g/mol. The lowest BCUT2D eigenvalue weighted by atomic mass is 10.3. The van der Waals surface area contributed by atoms with Crippen LogP contribution in [0.4, 0.5) is 0 Å². The first-order chi connectivity index (χ1) is 7.80. The maximum Gasteiger partial charge on any atom is 0.241 e. The molecule has 0 heterocycles. The molecule has 0 bridgehead atoms. The van der Waals surface area contributed by atoms with E-state index in [1.54, 1.807) is 12.1 Å². The molecule has 0 spiro atoms. The largest absolute Gasteiger partial charge is 0.491 e. The van der Waals surface area contributed by atoms with E-state index in [0.717, 1.165) is 0 Å². The van der Waals surface area contributed by atoms with Crippen molar-refractivity contribution in [1.29, 1.82) is 0 Å². The molecule has 1 aromatic carbocycles. The third kappa shape index (κ3) is 4.63. The molecule has 0 atom stereocenters. The first-order valence-electron chi connectivity index (χ1n) is 4.90. The minimum Gasteiger partial charge on any atom is -0.491 e. The van der Waals surface area contributed by atoms with Crippen LogP contribution in [0.25, 0.3) is 0 Å². The second kappa shape index (κ2) is 5.81. The van der Waals surface area contributed by atoms with Crippen LogP contribution in [0.3, 0.4) is 0 Å². The van der Waals surface area contributed by atoms with E-state index in [0.29, 0.717) is 17.6 Å². The molecule has 0 aromatic heterocycles. The van der Waals surface area contributed by atoms with Gasteiger partial charge in [0.2, 0.25) is 10.0 Å². The molecule has 0 aliphatic carbocycles. The Labute approximate surface area is 110 Å². The van der Waals surface area contributed by atoms with Gasteiger partial charge in [-0.05, 0) is 32.3 Å². The molecule has 0 aliphatic rings. The zero-order chi connectivity index (χ0) is 13.1. The van der Waals surface area contributed by atoms with Crippen LogP contribution in [0.1, 0.15) is 0 Å². The van der Waals surface area contributed by atoms with Gasteiger partial charge in [-0.2, -0.15) is 0 Å². The Kier molecular flexibility index (Phi) is 4.93. The minimum absolute atomic E-state index is 0.00867. The molecule has 5 nitrogen and oxygen atoms in total. The number of nitrogens with zero attached hydrogens (tertiary/aromatic N) is 1. The van der Waals surface area contributed by atoms with Crippen molar-refractivity contribution in [3.05, 3.63) is 22.7 Å². The second-order valence-electron chi connectivity index (χ2n) is 3.79. The Morgan fingerprint density at radius 1 is 1.41 bits per heavy atom. The number of primary sulfonamides is 1. The molecular weight excluding hydrogens is 308 g/mol. The molecule has 1 rings (SSSR count). The third-order valence-corrected chi connectivity index (χ3v) is 3.43. The smallest absolute Gasteiger partial charge is 0.241 e. The standard InChI is InChI=1S/C10H15BrN2O3S/c1-13(2)5-6-16-9-4-3-8(11)7-10(9)17(12,14)15/h3-4,7H,5-6H2,1-2H3,(H2,12,14,15). The molecule has 1 aromatic rings. The number of halogens is 1. The molecule has 0 saturated carbocycles. The van der Waals surface area contributed by atoms with E-state index in [2.05, 4.69) is 15.9 Å². The Hall–Kier alpha value is -0.630. The third-order valence-electron chi connectivity index (χ3n) is 2.01. The number of likely N-dealkylation sites (N-methyl/N-ethyl adjacent to an activating group) is 1. The lowest BCUT2D eigenvalue weighted by Crippen LogP contribution is -2.20. The summed E-state index contributed by atoms with van der Waals surface area (Å²) in [6, 6.07) is 4.72. The van der Waals surface area contributed by atoms with Gasteiger partial charge in [-0.3, -0.25) is 0 Å². The van der Waals surface area contributed by atoms with Gasteiger partial charge in [0.1, 0.15) is 17.3 Å². The number of rotatable bonds is 5. The highest BCUT2D eigenvalue weighted by atomic mass is 79.9. The lowest BCUT2D eigenvalue weighted by molar-refractivity contribution is 0.256. The summed E-state index contributed by atoms with van der Waals surface area (Å²) in [7, 11) is 0.0413. The van der Waals surface area contributed by atoms with Gasteiger partial charge in [0, 0.05) is 11.0 Å². The Morgan fingerprint density at radius 2 is 2.06 bits per heavy atom. The van der Waals surface area contributed by atoms with Crippen LogP contribution in [0, 0.1) is 0 Å². The van der Waals surface area contributed by atoms with E-state index < -0.39 is 10.0 Å². The maximum atomic E-state index is 11.4. The fraction of sp³-hybridized carbons (Fsp3) is 0.400. The van der Waals surface area contributed by atoms with Crippen molar-refractivity contribution in [1.82, 2.24) is 4.90 Å². The molecule has 0 fully saturated rings. The number of hydrogen-bond donors (Lipinski definition) is 1. The molecule has 0 amide bonds. The highest BCUT2D eigenvalue weighted by molar-refractivity contribution is 9.10. The van der Waals surface area contributed by atoms with Crippen molar-refractivity contribution in [2.75, 3.05) is 27.2 Å². The van der Waals surface area contributed by atoms with Crippen molar-refractivity contribution in [2.45, 2.75) is 4.90 Å². The summed E-state index contributed by atoms with van der Waals surface area (Å²) >= 11 is 3.20. The van der Waals surface area contributed by atoms with Gasteiger partial charge in [0.15, 0.2) is 0 Å². The van der Waals surface area contributed by atoms with Gasteiger partial charge in [-0.15, -0.1) is 0 Å². The lowest BCUT2D eigenvalue weighted by Gasteiger charge is -2.13. The molecule has 17 heavy (non-hydrogen) atoms. The van der Waals surface area contributed by atoms with Crippen LogP contribution in [0.5, 0.6) is 5.75 Å². The Bertz CT molecular complexity index is 488. The van der Waals surface area contributed by atoms with Gasteiger partial charge in [0.05, 0.1) is 0 Å². The van der Waals surface area contributed by atoms with Gasteiger partial charge < -0.3 is 9.64 Å².